The highest BCUT2D eigenvalue weighted by molar-refractivity contribution is 5.75. The van der Waals surface area contributed by atoms with Crippen LogP contribution in [0.25, 0.3) is 0 Å². The molecule has 0 amide bonds. The maximum absolute atomic E-state index is 11.0. The molecule has 0 aromatic heterocycles. The Morgan fingerprint density at radius 2 is 2.38 bits per heavy atom. The molecule has 0 saturated carbocycles. The van der Waals surface area contributed by atoms with E-state index in [9.17, 15) is 4.79 Å². The van der Waals surface area contributed by atoms with Gasteiger partial charge in [0.2, 0.25) is 0 Å². The Morgan fingerprint density at radius 3 is 2.77 bits per heavy atom. The van der Waals surface area contributed by atoms with Gasteiger partial charge in [-0.05, 0) is 32.7 Å². The number of aliphatic hydroxyl groups excluding tert-OH is 1. The van der Waals surface area contributed by atoms with Crippen LogP contribution >= 0.6 is 0 Å². The minimum atomic E-state index is -0.738. The van der Waals surface area contributed by atoms with Gasteiger partial charge in [-0.3, -0.25) is 4.79 Å². The zero-order valence-corrected chi connectivity index (χ0v) is 7.92. The number of carbonyl (C=O) groups is 1. The molecule has 2 atom stereocenters. The minimum absolute atomic E-state index is 0.406. The summed E-state index contributed by atoms with van der Waals surface area (Å²) in [4.78, 5) is 11.0. The first kappa shape index (κ1) is 10.5. The van der Waals surface area contributed by atoms with Crippen molar-refractivity contribution in [2.24, 2.45) is 5.41 Å². The molecule has 76 valence electrons. The number of aliphatic hydroxyl groups is 1. The molecule has 0 bridgehead atoms. The first-order valence-electron chi connectivity index (χ1n) is 4.69. The number of nitrogens with one attached hydrogen (secondary N) is 1. The average molecular weight is 187 g/mol. The summed E-state index contributed by atoms with van der Waals surface area (Å²) in [5.74, 6) is -0.738. The normalized spacial score (nSPS) is 30.3. The number of carboxylic acids is 1. The summed E-state index contributed by atoms with van der Waals surface area (Å²) in [6.45, 7) is 3.00. The highest BCUT2D eigenvalue weighted by Crippen LogP contribution is 2.31. The molecule has 3 N–H and O–H groups in total. The first-order chi connectivity index (χ1) is 6.07. The van der Waals surface area contributed by atoms with Crippen LogP contribution in [0.15, 0.2) is 0 Å². The van der Waals surface area contributed by atoms with Gasteiger partial charge in [-0.15, -0.1) is 0 Å². The SMILES string of the molecule is CC(O)CCC1(C(=O)O)CCNC1. The first-order valence-corrected chi connectivity index (χ1v) is 4.69. The van der Waals surface area contributed by atoms with Crippen molar-refractivity contribution in [3.05, 3.63) is 0 Å². The maximum atomic E-state index is 11.0. The van der Waals surface area contributed by atoms with Crippen LogP contribution in [0.2, 0.25) is 0 Å². The molecule has 1 aliphatic rings. The molecule has 4 nitrogen and oxygen atoms in total. The highest BCUT2D eigenvalue weighted by Gasteiger charge is 2.40. The summed E-state index contributed by atoms with van der Waals surface area (Å²) in [6, 6.07) is 0. The van der Waals surface area contributed by atoms with Crippen molar-refractivity contribution in [1.82, 2.24) is 5.32 Å². The van der Waals surface area contributed by atoms with E-state index in [1.807, 2.05) is 0 Å². The molecule has 0 aliphatic carbocycles. The van der Waals surface area contributed by atoms with E-state index in [1.54, 1.807) is 6.92 Å². The molecule has 13 heavy (non-hydrogen) atoms. The number of carboxylic acid groups (broad SMARTS) is 1. The Balaban J connectivity index is 2.52. The molecule has 0 spiro atoms. The van der Waals surface area contributed by atoms with E-state index in [0.717, 1.165) is 6.54 Å². The molecular formula is C9H17NO3. The molecule has 1 saturated heterocycles. The molecule has 2 unspecified atom stereocenters. The largest absolute Gasteiger partial charge is 0.481 e. The fourth-order valence-corrected chi connectivity index (χ4v) is 1.73. The second-order valence-electron chi connectivity index (χ2n) is 3.90. The van der Waals surface area contributed by atoms with Gasteiger partial charge in [0.25, 0.3) is 0 Å². The van der Waals surface area contributed by atoms with Crippen LogP contribution in [0.5, 0.6) is 0 Å². The monoisotopic (exact) mass is 187 g/mol. The lowest BCUT2D eigenvalue weighted by Crippen LogP contribution is -2.34. The smallest absolute Gasteiger partial charge is 0.310 e. The molecule has 0 aromatic rings. The predicted molar refractivity (Wildman–Crippen MR) is 48.5 cm³/mol. The standard InChI is InChI=1S/C9H17NO3/c1-7(11)2-3-9(8(12)13)4-5-10-6-9/h7,10-11H,2-6H2,1H3,(H,12,13). The maximum Gasteiger partial charge on any atom is 0.310 e. The topological polar surface area (TPSA) is 69.6 Å². The second-order valence-corrected chi connectivity index (χ2v) is 3.90. The Morgan fingerprint density at radius 1 is 1.69 bits per heavy atom. The van der Waals surface area contributed by atoms with Gasteiger partial charge in [0.15, 0.2) is 0 Å². The predicted octanol–water partition coefficient (Wildman–Crippen LogP) is 0.212. The van der Waals surface area contributed by atoms with Gasteiger partial charge in [-0.1, -0.05) is 0 Å². The molecule has 0 radical (unpaired) electrons. The van der Waals surface area contributed by atoms with Crippen LogP contribution in [0, 0.1) is 5.41 Å². The van der Waals surface area contributed by atoms with E-state index in [2.05, 4.69) is 5.32 Å². The second kappa shape index (κ2) is 4.07. The van der Waals surface area contributed by atoms with Crippen molar-refractivity contribution in [2.45, 2.75) is 32.3 Å². The third-order valence-electron chi connectivity index (χ3n) is 2.74. The van der Waals surface area contributed by atoms with Crippen LogP contribution < -0.4 is 5.32 Å². The van der Waals surface area contributed by atoms with Gasteiger partial charge in [0.05, 0.1) is 11.5 Å². The third-order valence-corrected chi connectivity index (χ3v) is 2.74. The number of aliphatic carboxylic acids is 1. The molecule has 1 heterocycles. The van der Waals surface area contributed by atoms with E-state index >= 15 is 0 Å². The van der Waals surface area contributed by atoms with Crippen LogP contribution in [-0.2, 0) is 4.79 Å². The lowest BCUT2D eigenvalue weighted by Gasteiger charge is -2.23. The van der Waals surface area contributed by atoms with Crippen molar-refractivity contribution in [2.75, 3.05) is 13.1 Å². The van der Waals surface area contributed by atoms with Gasteiger partial charge < -0.3 is 15.5 Å². The van der Waals surface area contributed by atoms with Gasteiger partial charge in [-0.2, -0.15) is 0 Å². The third kappa shape index (κ3) is 2.42. The van der Waals surface area contributed by atoms with E-state index < -0.39 is 17.5 Å². The average Bonchev–Trinajstić information content (AvgIpc) is 2.50. The molecule has 4 heteroatoms. The quantitative estimate of drug-likeness (QED) is 0.588. The molecule has 0 aromatic carbocycles. The van der Waals surface area contributed by atoms with Crippen molar-refractivity contribution >= 4 is 5.97 Å². The molecular weight excluding hydrogens is 170 g/mol. The zero-order chi connectivity index (χ0) is 9.90. The fourth-order valence-electron chi connectivity index (χ4n) is 1.73. The van der Waals surface area contributed by atoms with Gasteiger partial charge in [0.1, 0.15) is 0 Å². The summed E-state index contributed by atoms with van der Waals surface area (Å²) in [6.07, 6.45) is 1.40. The highest BCUT2D eigenvalue weighted by atomic mass is 16.4. The van der Waals surface area contributed by atoms with E-state index in [4.69, 9.17) is 10.2 Å². The summed E-state index contributed by atoms with van der Waals surface area (Å²) in [5.41, 5.74) is -0.628. The van der Waals surface area contributed by atoms with Crippen molar-refractivity contribution in [3.63, 3.8) is 0 Å². The summed E-state index contributed by atoms with van der Waals surface area (Å²) < 4.78 is 0. The summed E-state index contributed by atoms with van der Waals surface area (Å²) >= 11 is 0. The van der Waals surface area contributed by atoms with Crippen molar-refractivity contribution in [1.29, 1.82) is 0 Å². The van der Waals surface area contributed by atoms with E-state index in [-0.39, 0.29) is 0 Å². The van der Waals surface area contributed by atoms with Crippen molar-refractivity contribution in [3.8, 4) is 0 Å². The van der Waals surface area contributed by atoms with Crippen molar-refractivity contribution < 1.29 is 15.0 Å². The Kier molecular flexibility index (Phi) is 3.27. The van der Waals surface area contributed by atoms with Gasteiger partial charge >= 0.3 is 5.97 Å². The fraction of sp³-hybridized carbons (Fsp3) is 0.889. The molecule has 1 fully saturated rings. The van der Waals surface area contributed by atoms with Gasteiger partial charge in [0, 0.05) is 6.54 Å². The summed E-state index contributed by atoms with van der Waals surface area (Å²) in [5, 5.41) is 21.2. The number of hydrogen-bond acceptors (Lipinski definition) is 3. The summed E-state index contributed by atoms with van der Waals surface area (Å²) in [7, 11) is 0. The van der Waals surface area contributed by atoms with E-state index in [0.29, 0.717) is 25.8 Å². The van der Waals surface area contributed by atoms with Gasteiger partial charge in [-0.25, -0.2) is 0 Å². The Hall–Kier alpha value is -0.610. The van der Waals surface area contributed by atoms with Crippen LogP contribution in [0.3, 0.4) is 0 Å². The lowest BCUT2D eigenvalue weighted by atomic mass is 9.82. The van der Waals surface area contributed by atoms with E-state index in [1.165, 1.54) is 0 Å². The zero-order valence-electron chi connectivity index (χ0n) is 7.92. The number of hydrogen-bond donors (Lipinski definition) is 3. The Labute approximate surface area is 78.0 Å². The van der Waals surface area contributed by atoms with Crippen LogP contribution in [0.4, 0.5) is 0 Å². The molecule has 1 rings (SSSR count). The van der Waals surface area contributed by atoms with Crippen LogP contribution in [0.1, 0.15) is 26.2 Å². The molecule has 1 aliphatic heterocycles. The number of rotatable bonds is 4. The van der Waals surface area contributed by atoms with Crippen LogP contribution in [-0.4, -0.2) is 35.4 Å². The minimum Gasteiger partial charge on any atom is -0.481 e. The lowest BCUT2D eigenvalue weighted by molar-refractivity contribution is -0.148. The Bertz CT molecular complexity index is 185.